The predicted molar refractivity (Wildman–Crippen MR) is 40.0 cm³/mol. The fourth-order valence-corrected chi connectivity index (χ4v) is 0.454. The van der Waals surface area contributed by atoms with E-state index in [4.69, 9.17) is 12.2 Å². The van der Waals surface area contributed by atoms with Crippen LogP contribution >= 0.6 is 12.2 Å². The molecule has 8 heavy (non-hydrogen) atoms. The van der Waals surface area contributed by atoms with Crippen LogP contribution in [0.5, 0.6) is 0 Å². The maximum atomic E-state index is 4.89. The van der Waals surface area contributed by atoms with Gasteiger partial charge in [0.15, 0.2) is 5.11 Å². The molecule has 0 radical (unpaired) electrons. The average molecular weight is 132 g/mol. The van der Waals surface area contributed by atoms with Crippen LogP contribution in [-0.2, 0) is 0 Å². The Morgan fingerprint density at radius 2 is 2.12 bits per heavy atom. The van der Waals surface area contributed by atoms with Gasteiger partial charge in [0, 0.05) is 20.6 Å². The van der Waals surface area contributed by atoms with Gasteiger partial charge in [-0.15, -0.1) is 0 Å². The smallest absolute Gasteiger partial charge is 0.168 e. The van der Waals surface area contributed by atoms with E-state index in [1.807, 2.05) is 25.9 Å². The fourth-order valence-electron chi connectivity index (χ4n) is 0.309. The summed E-state index contributed by atoms with van der Waals surface area (Å²) in [6.45, 7) is 2.92. The van der Waals surface area contributed by atoms with E-state index < -0.39 is 0 Å². The van der Waals surface area contributed by atoms with Crippen molar-refractivity contribution < 1.29 is 0 Å². The van der Waals surface area contributed by atoms with Crippen LogP contribution < -0.4 is 5.32 Å². The van der Waals surface area contributed by atoms with E-state index in [-0.39, 0.29) is 0 Å². The second-order valence-corrected chi connectivity index (χ2v) is 2.12. The first-order valence-corrected chi connectivity index (χ1v) is 3.04. The Balaban J connectivity index is 3.33. The van der Waals surface area contributed by atoms with Crippen LogP contribution in [-0.4, -0.2) is 30.7 Å². The lowest BCUT2D eigenvalue weighted by atomic mass is 10.7. The van der Waals surface area contributed by atoms with Gasteiger partial charge >= 0.3 is 0 Å². The van der Waals surface area contributed by atoms with Crippen LogP contribution in [0.3, 0.4) is 0 Å². The molecular formula is C5H12N2S. The predicted octanol–water partition coefficient (Wildman–Crippen LogP) is 0.442. The summed E-state index contributed by atoms with van der Waals surface area (Å²) in [6.07, 6.45) is 0. The highest BCUT2D eigenvalue weighted by atomic mass is 32.1. The maximum Gasteiger partial charge on any atom is 0.168 e. The molecule has 0 fully saturated rings. The Morgan fingerprint density at radius 1 is 1.62 bits per heavy atom. The lowest BCUT2D eigenvalue weighted by Gasteiger charge is -2.13. The third kappa shape index (κ3) is 2.80. The molecule has 0 unspecified atom stereocenters. The third-order valence-corrected chi connectivity index (χ3v) is 1.24. The van der Waals surface area contributed by atoms with Crippen LogP contribution in [0.4, 0.5) is 0 Å². The molecule has 0 saturated carbocycles. The standard InChI is InChI=1S/C5H12N2S/c1-4-6-5(8)7(2)3/h4H2,1-3H3,(H,6,8). The number of hydrogen-bond acceptors (Lipinski definition) is 1. The zero-order valence-corrected chi connectivity index (χ0v) is 6.38. The number of thiocarbonyl (C=S) groups is 1. The number of nitrogens with zero attached hydrogens (tertiary/aromatic N) is 1. The average Bonchev–Trinajstić information content (AvgIpc) is 1.67. The summed E-state index contributed by atoms with van der Waals surface area (Å²) in [7, 11) is 3.84. The molecule has 0 aliphatic heterocycles. The molecule has 0 saturated heterocycles. The first-order valence-electron chi connectivity index (χ1n) is 2.63. The fraction of sp³-hybridized carbons (Fsp3) is 0.800. The van der Waals surface area contributed by atoms with Crippen LogP contribution in [0.2, 0.25) is 0 Å². The van der Waals surface area contributed by atoms with E-state index in [9.17, 15) is 0 Å². The van der Waals surface area contributed by atoms with E-state index >= 15 is 0 Å². The minimum Gasteiger partial charge on any atom is -0.363 e. The zero-order valence-electron chi connectivity index (χ0n) is 5.56. The van der Waals surface area contributed by atoms with Crippen molar-refractivity contribution in [3.05, 3.63) is 0 Å². The number of nitrogens with one attached hydrogen (secondary N) is 1. The van der Waals surface area contributed by atoms with Crippen molar-refractivity contribution in [1.82, 2.24) is 10.2 Å². The molecular weight excluding hydrogens is 120 g/mol. The molecule has 0 heterocycles. The lowest BCUT2D eigenvalue weighted by molar-refractivity contribution is 0.604. The Morgan fingerprint density at radius 3 is 2.25 bits per heavy atom. The summed E-state index contributed by atoms with van der Waals surface area (Å²) in [5, 5.41) is 3.80. The van der Waals surface area contributed by atoms with Crippen molar-refractivity contribution in [2.24, 2.45) is 0 Å². The van der Waals surface area contributed by atoms with Crippen LogP contribution in [0.1, 0.15) is 6.92 Å². The van der Waals surface area contributed by atoms with E-state index in [0.717, 1.165) is 11.7 Å². The molecule has 0 rings (SSSR count). The minimum absolute atomic E-state index is 0.799. The van der Waals surface area contributed by atoms with Crippen LogP contribution in [0.25, 0.3) is 0 Å². The Hall–Kier alpha value is -0.310. The number of rotatable bonds is 1. The molecule has 1 N–H and O–H groups in total. The summed E-state index contributed by atoms with van der Waals surface area (Å²) in [5.41, 5.74) is 0. The van der Waals surface area contributed by atoms with Crippen LogP contribution in [0, 0.1) is 0 Å². The molecule has 0 aliphatic rings. The van der Waals surface area contributed by atoms with E-state index in [0.29, 0.717) is 0 Å². The van der Waals surface area contributed by atoms with Crippen molar-refractivity contribution in [3.8, 4) is 0 Å². The first-order chi connectivity index (χ1) is 3.68. The summed E-state index contributed by atoms with van der Waals surface area (Å²) in [6, 6.07) is 0. The highest BCUT2D eigenvalue weighted by molar-refractivity contribution is 7.80. The summed E-state index contributed by atoms with van der Waals surface area (Å²) in [4.78, 5) is 1.87. The van der Waals surface area contributed by atoms with E-state index in [1.165, 1.54) is 0 Å². The summed E-state index contributed by atoms with van der Waals surface area (Å²) >= 11 is 4.89. The van der Waals surface area contributed by atoms with Gasteiger partial charge in [-0.2, -0.15) is 0 Å². The molecule has 0 atom stereocenters. The number of hydrogen-bond donors (Lipinski definition) is 1. The zero-order chi connectivity index (χ0) is 6.57. The van der Waals surface area contributed by atoms with E-state index in [2.05, 4.69) is 5.32 Å². The molecule has 2 nitrogen and oxygen atoms in total. The summed E-state index contributed by atoms with van der Waals surface area (Å²) < 4.78 is 0. The van der Waals surface area contributed by atoms with Crippen molar-refractivity contribution in [2.45, 2.75) is 6.92 Å². The van der Waals surface area contributed by atoms with Crippen LogP contribution in [0.15, 0.2) is 0 Å². The van der Waals surface area contributed by atoms with Gasteiger partial charge in [0.05, 0.1) is 0 Å². The van der Waals surface area contributed by atoms with Gasteiger partial charge in [-0.05, 0) is 19.1 Å². The molecule has 0 aromatic carbocycles. The van der Waals surface area contributed by atoms with Crippen molar-refractivity contribution in [1.29, 1.82) is 0 Å². The molecule has 0 amide bonds. The Labute approximate surface area is 55.9 Å². The van der Waals surface area contributed by atoms with Gasteiger partial charge < -0.3 is 10.2 Å². The van der Waals surface area contributed by atoms with Gasteiger partial charge in [0.25, 0.3) is 0 Å². The minimum atomic E-state index is 0.799. The highest BCUT2D eigenvalue weighted by Gasteiger charge is 1.91. The molecule has 3 heteroatoms. The normalized spacial score (nSPS) is 8.38. The van der Waals surface area contributed by atoms with Gasteiger partial charge in [0.1, 0.15) is 0 Å². The second kappa shape index (κ2) is 3.66. The SMILES string of the molecule is CCNC(=S)N(C)C. The molecule has 0 aromatic rings. The third-order valence-electron chi connectivity index (χ3n) is 0.734. The maximum absolute atomic E-state index is 4.89. The van der Waals surface area contributed by atoms with Gasteiger partial charge in [-0.25, -0.2) is 0 Å². The van der Waals surface area contributed by atoms with Gasteiger partial charge in [-0.3, -0.25) is 0 Å². The molecule has 0 bridgehead atoms. The van der Waals surface area contributed by atoms with Crippen molar-refractivity contribution >= 4 is 17.3 Å². The Bertz CT molecular complexity index is 80.5. The van der Waals surface area contributed by atoms with Crippen molar-refractivity contribution in [3.63, 3.8) is 0 Å². The topological polar surface area (TPSA) is 15.3 Å². The Kier molecular flexibility index (Phi) is 3.52. The molecule has 0 aromatic heterocycles. The monoisotopic (exact) mass is 132 g/mol. The van der Waals surface area contributed by atoms with E-state index in [1.54, 1.807) is 0 Å². The molecule has 0 spiro atoms. The molecule has 0 aliphatic carbocycles. The highest BCUT2D eigenvalue weighted by Crippen LogP contribution is 1.74. The largest absolute Gasteiger partial charge is 0.363 e. The van der Waals surface area contributed by atoms with Gasteiger partial charge in [-0.1, -0.05) is 0 Å². The lowest BCUT2D eigenvalue weighted by Crippen LogP contribution is -2.33. The summed E-state index contributed by atoms with van der Waals surface area (Å²) in [5.74, 6) is 0. The second-order valence-electron chi connectivity index (χ2n) is 1.73. The van der Waals surface area contributed by atoms with Crippen molar-refractivity contribution in [2.75, 3.05) is 20.6 Å². The first kappa shape index (κ1) is 7.69. The quantitative estimate of drug-likeness (QED) is 0.521. The molecule has 48 valence electrons. The van der Waals surface area contributed by atoms with Gasteiger partial charge in [0.2, 0.25) is 0 Å².